The third kappa shape index (κ3) is 3.71. The number of nitrogens with one attached hydrogen (secondary N) is 1. The molecule has 2 aliphatic rings. The zero-order valence-corrected chi connectivity index (χ0v) is 13.8. The second kappa shape index (κ2) is 7.11. The van der Waals surface area contributed by atoms with Gasteiger partial charge in [-0.05, 0) is 44.7 Å². The van der Waals surface area contributed by atoms with Crippen LogP contribution in [0.3, 0.4) is 0 Å². The lowest BCUT2D eigenvalue weighted by Crippen LogP contribution is -2.42. The van der Waals surface area contributed by atoms with Crippen LogP contribution in [-0.4, -0.2) is 34.8 Å². The highest BCUT2D eigenvalue weighted by molar-refractivity contribution is 5.96. The van der Waals surface area contributed by atoms with E-state index in [4.69, 9.17) is 0 Å². The monoisotopic (exact) mass is 315 g/mol. The Labute approximate surface area is 137 Å². The van der Waals surface area contributed by atoms with E-state index in [9.17, 15) is 9.59 Å². The summed E-state index contributed by atoms with van der Waals surface area (Å²) in [6.07, 6.45) is 7.58. The predicted molar refractivity (Wildman–Crippen MR) is 88.9 cm³/mol. The molecule has 2 amide bonds. The molecule has 2 atom stereocenters. The maximum Gasteiger partial charge on any atom is 0.228 e. The number of rotatable bonds is 3. The van der Waals surface area contributed by atoms with Crippen LogP contribution in [0, 0.1) is 18.8 Å². The first kappa shape index (κ1) is 16.0. The van der Waals surface area contributed by atoms with Crippen molar-refractivity contribution in [2.75, 3.05) is 18.4 Å². The zero-order valence-electron chi connectivity index (χ0n) is 13.8. The molecule has 1 aliphatic carbocycles. The lowest BCUT2D eigenvalue weighted by Gasteiger charge is -2.32. The first-order valence-electron chi connectivity index (χ1n) is 8.67. The summed E-state index contributed by atoms with van der Waals surface area (Å²) < 4.78 is 0. The Kier molecular flexibility index (Phi) is 4.94. The lowest BCUT2D eigenvalue weighted by molar-refractivity contribution is -0.141. The van der Waals surface area contributed by atoms with Gasteiger partial charge in [0.05, 0.1) is 0 Å². The molecular weight excluding hydrogens is 290 g/mol. The highest BCUT2D eigenvalue weighted by Crippen LogP contribution is 2.33. The zero-order chi connectivity index (χ0) is 16.2. The van der Waals surface area contributed by atoms with Gasteiger partial charge in [0.2, 0.25) is 11.8 Å². The van der Waals surface area contributed by atoms with Gasteiger partial charge in [0.25, 0.3) is 0 Å². The maximum absolute atomic E-state index is 12.8. The van der Waals surface area contributed by atoms with E-state index in [0.29, 0.717) is 0 Å². The fourth-order valence-electron chi connectivity index (χ4n) is 3.77. The summed E-state index contributed by atoms with van der Waals surface area (Å²) in [7, 11) is 0. The Bertz CT molecular complexity index is 581. The van der Waals surface area contributed by atoms with E-state index in [2.05, 4.69) is 10.3 Å². The van der Waals surface area contributed by atoms with E-state index in [-0.39, 0.29) is 23.7 Å². The second-order valence-electron chi connectivity index (χ2n) is 6.70. The Morgan fingerprint density at radius 3 is 2.52 bits per heavy atom. The average Bonchev–Trinajstić information content (AvgIpc) is 3.08. The Balaban J connectivity index is 1.70. The molecular formula is C18H25N3O2. The number of hydrogen-bond donors (Lipinski definition) is 1. The van der Waals surface area contributed by atoms with E-state index in [1.807, 2.05) is 17.9 Å². The van der Waals surface area contributed by atoms with Gasteiger partial charge in [0, 0.05) is 42.5 Å². The van der Waals surface area contributed by atoms with Crippen molar-refractivity contribution in [3.8, 4) is 0 Å². The van der Waals surface area contributed by atoms with E-state index in [0.717, 1.165) is 63.0 Å². The molecule has 124 valence electrons. The van der Waals surface area contributed by atoms with Crippen LogP contribution in [0.5, 0.6) is 0 Å². The van der Waals surface area contributed by atoms with Crippen molar-refractivity contribution >= 4 is 17.5 Å². The first-order valence-corrected chi connectivity index (χ1v) is 8.67. The number of pyridine rings is 1. The van der Waals surface area contributed by atoms with Crippen LogP contribution < -0.4 is 5.32 Å². The number of carbonyl (C=O) groups is 2. The van der Waals surface area contributed by atoms with Crippen LogP contribution in [-0.2, 0) is 9.59 Å². The van der Waals surface area contributed by atoms with E-state index in [1.165, 1.54) is 0 Å². The quantitative estimate of drug-likeness (QED) is 0.933. The van der Waals surface area contributed by atoms with Crippen molar-refractivity contribution < 1.29 is 9.59 Å². The van der Waals surface area contributed by atoms with E-state index >= 15 is 0 Å². The minimum Gasteiger partial charge on any atom is -0.342 e. The molecule has 1 aromatic rings. The Morgan fingerprint density at radius 2 is 1.83 bits per heavy atom. The number of amides is 2. The van der Waals surface area contributed by atoms with Gasteiger partial charge in [-0.3, -0.25) is 14.6 Å². The number of nitrogens with zero attached hydrogens (tertiary/aromatic N) is 2. The predicted octanol–water partition coefficient (Wildman–Crippen LogP) is 2.76. The van der Waals surface area contributed by atoms with Gasteiger partial charge in [-0.2, -0.15) is 0 Å². The van der Waals surface area contributed by atoms with Gasteiger partial charge >= 0.3 is 0 Å². The number of hydrogen-bond acceptors (Lipinski definition) is 3. The van der Waals surface area contributed by atoms with Gasteiger partial charge in [-0.1, -0.05) is 12.8 Å². The van der Waals surface area contributed by atoms with Crippen LogP contribution in [0.15, 0.2) is 18.3 Å². The van der Waals surface area contributed by atoms with Crippen LogP contribution in [0.1, 0.15) is 44.2 Å². The molecule has 1 saturated carbocycles. The molecule has 5 heteroatoms. The van der Waals surface area contributed by atoms with Crippen LogP contribution in [0.25, 0.3) is 0 Å². The molecule has 1 saturated heterocycles. The first-order chi connectivity index (χ1) is 11.1. The minimum absolute atomic E-state index is 0.0205. The smallest absolute Gasteiger partial charge is 0.228 e. The van der Waals surface area contributed by atoms with Gasteiger partial charge < -0.3 is 10.2 Å². The molecule has 1 aromatic heterocycles. The molecule has 0 bridgehead atoms. The molecule has 2 heterocycles. The van der Waals surface area contributed by atoms with E-state index in [1.54, 1.807) is 12.3 Å². The summed E-state index contributed by atoms with van der Waals surface area (Å²) in [5, 5.41) is 2.98. The molecule has 0 spiro atoms. The second-order valence-corrected chi connectivity index (χ2v) is 6.70. The van der Waals surface area contributed by atoms with Crippen molar-refractivity contribution in [2.24, 2.45) is 11.8 Å². The average molecular weight is 315 g/mol. The Hall–Kier alpha value is -1.91. The van der Waals surface area contributed by atoms with E-state index < -0.39 is 0 Å². The number of aromatic nitrogens is 1. The highest BCUT2D eigenvalue weighted by atomic mass is 16.2. The normalized spacial score (nSPS) is 24.5. The van der Waals surface area contributed by atoms with Gasteiger partial charge in [-0.15, -0.1) is 0 Å². The number of aryl methyl sites for hydroxylation is 1. The molecule has 0 aromatic carbocycles. The summed E-state index contributed by atoms with van der Waals surface area (Å²) in [6, 6.07) is 3.66. The van der Waals surface area contributed by atoms with Gasteiger partial charge in [0.15, 0.2) is 0 Å². The maximum atomic E-state index is 12.8. The summed E-state index contributed by atoms with van der Waals surface area (Å²) in [5.41, 5.74) is 1.64. The third-order valence-corrected chi connectivity index (χ3v) is 5.00. The molecule has 3 rings (SSSR count). The summed E-state index contributed by atoms with van der Waals surface area (Å²) in [5.74, 6) is -0.184. The fourth-order valence-corrected chi connectivity index (χ4v) is 3.77. The molecule has 1 N–H and O–H groups in total. The van der Waals surface area contributed by atoms with Gasteiger partial charge in [0.1, 0.15) is 0 Å². The molecule has 5 nitrogen and oxygen atoms in total. The third-order valence-electron chi connectivity index (χ3n) is 5.00. The standard InChI is InChI=1S/C18H25N3O2/c1-13-12-14(8-9-19-13)20-17(22)15-6-2-3-7-16(15)18(23)21-10-4-5-11-21/h8-9,12,15-16H,2-7,10-11H2,1H3,(H,19,20,22)/t15-,16-/m1/s1. The Morgan fingerprint density at radius 1 is 1.13 bits per heavy atom. The molecule has 0 radical (unpaired) electrons. The molecule has 2 fully saturated rings. The van der Waals surface area contributed by atoms with Crippen molar-refractivity contribution in [1.82, 2.24) is 9.88 Å². The van der Waals surface area contributed by atoms with Crippen molar-refractivity contribution in [3.05, 3.63) is 24.0 Å². The summed E-state index contributed by atoms with van der Waals surface area (Å²) in [4.78, 5) is 31.6. The van der Waals surface area contributed by atoms with Crippen molar-refractivity contribution in [3.63, 3.8) is 0 Å². The van der Waals surface area contributed by atoms with Crippen molar-refractivity contribution in [2.45, 2.75) is 45.4 Å². The van der Waals surface area contributed by atoms with Crippen LogP contribution in [0.4, 0.5) is 5.69 Å². The SMILES string of the molecule is Cc1cc(NC(=O)[C@@H]2CCCC[C@H]2C(=O)N2CCCC2)ccn1. The van der Waals surface area contributed by atoms with Crippen LogP contribution in [0.2, 0.25) is 0 Å². The number of carbonyl (C=O) groups excluding carboxylic acids is 2. The highest BCUT2D eigenvalue weighted by Gasteiger charge is 2.38. The summed E-state index contributed by atoms with van der Waals surface area (Å²) >= 11 is 0. The minimum atomic E-state index is -0.203. The largest absolute Gasteiger partial charge is 0.342 e. The molecule has 0 unspecified atom stereocenters. The van der Waals surface area contributed by atoms with Crippen molar-refractivity contribution in [1.29, 1.82) is 0 Å². The molecule has 1 aliphatic heterocycles. The fraction of sp³-hybridized carbons (Fsp3) is 0.611. The molecule has 23 heavy (non-hydrogen) atoms. The van der Waals surface area contributed by atoms with Crippen LogP contribution >= 0.6 is 0 Å². The van der Waals surface area contributed by atoms with Gasteiger partial charge in [-0.25, -0.2) is 0 Å². The number of anilines is 1. The lowest BCUT2D eigenvalue weighted by atomic mass is 9.77. The summed E-state index contributed by atoms with van der Waals surface area (Å²) in [6.45, 7) is 3.61. The topological polar surface area (TPSA) is 62.3 Å². The number of likely N-dealkylation sites (tertiary alicyclic amines) is 1.